The van der Waals surface area contributed by atoms with Crippen LogP contribution in [0, 0.1) is 11.6 Å². The van der Waals surface area contributed by atoms with Crippen LogP contribution < -0.4 is 10.2 Å². The van der Waals surface area contributed by atoms with Crippen molar-refractivity contribution in [3.05, 3.63) is 99.6 Å². The molecule has 0 spiro atoms. The van der Waals surface area contributed by atoms with Crippen LogP contribution in [0.25, 0.3) is 0 Å². The highest BCUT2D eigenvalue weighted by Crippen LogP contribution is 2.31. The smallest absolute Gasteiger partial charge is 0.261 e. The van der Waals surface area contributed by atoms with Crippen LogP contribution in [0.1, 0.15) is 31.8 Å². The number of anilines is 1. The molecule has 0 atom stereocenters. The molecule has 0 radical (unpaired) electrons. The average molecular weight is 427 g/mol. The summed E-state index contributed by atoms with van der Waals surface area (Å²) in [7, 11) is 0. The quantitative estimate of drug-likeness (QED) is 0.654. The third-order valence-electron chi connectivity index (χ3n) is 5.03. The maximum absolute atomic E-state index is 14.2. The van der Waals surface area contributed by atoms with Crippen molar-refractivity contribution in [1.29, 1.82) is 0 Å². The van der Waals surface area contributed by atoms with E-state index >= 15 is 0 Å². The molecule has 0 aliphatic carbocycles. The Hall–Kier alpha value is -3.25. The van der Waals surface area contributed by atoms with E-state index in [4.69, 9.17) is 11.6 Å². The number of amides is 2. The Morgan fingerprint density at radius 3 is 2.57 bits per heavy atom. The van der Waals surface area contributed by atoms with Gasteiger partial charge in [-0.1, -0.05) is 29.8 Å². The van der Waals surface area contributed by atoms with E-state index < -0.39 is 17.5 Å². The fourth-order valence-corrected chi connectivity index (χ4v) is 3.65. The SMILES string of the molecule is O=C(NCc1ccc2c(c1)CCN2C(=O)c1cccc(Cl)c1F)c1ccc(F)cc1. The van der Waals surface area contributed by atoms with E-state index in [2.05, 4.69) is 5.32 Å². The normalized spacial score (nSPS) is 12.6. The first-order valence-electron chi connectivity index (χ1n) is 9.35. The Kier molecular flexibility index (Phi) is 5.50. The van der Waals surface area contributed by atoms with E-state index in [0.717, 1.165) is 11.1 Å². The molecular weight excluding hydrogens is 410 g/mol. The van der Waals surface area contributed by atoms with Gasteiger partial charge in [0.05, 0.1) is 10.6 Å². The lowest BCUT2D eigenvalue weighted by molar-refractivity contribution is 0.0949. The lowest BCUT2D eigenvalue weighted by Crippen LogP contribution is -2.29. The molecular formula is C23H17ClF2N2O2. The van der Waals surface area contributed by atoms with Crippen LogP contribution in [0.4, 0.5) is 14.5 Å². The minimum atomic E-state index is -0.724. The first-order chi connectivity index (χ1) is 14.4. The Labute approximate surface area is 177 Å². The van der Waals surface area contributed by atoms with E-state index in [-0.39, 0.29) is 16.5 Å². The highest BCUT2D eigenvalue weighted by atomic mass is 35.5. The second-order valence-corrected chi connectivity index (χ2v) is 7.37. The molecule has 1 heterocycles. The second kappa shape index (κ2) is 8.24. The van der Waals surface area contributed by atoms with Crippen molar-refractivity contribution in [2.24, 2.45) is 0 Å². The lowest BCUT2D eigenvalue weighted by atomic mass is 10.1. The molecule has 0 saturated heterocycles. The summed E-state index contributed by atoms with van der Waals surface area (Å²) >= 11 is 5.80. The van der Waals surface area contributed by atoms with Crippen molar-refractivity contribution < 1.29 is 18.4 Å². The highest BCUT2D eigenvalue weighted by molar-refractivity contribution is 6.31. The molecule has 0 saturated carbocycles. The number of benzene rings is 3. The largest absolute Gasteiger partial charge is 0.348 e. The van der Waals surface area contributed by atoms with Crippen molar-refractivity contribution in [3.63, 3.8) is 0 Å². The van der Waals surface area contributed by atoms with Crippen molar-refractivity contribution in [3.8, 4) is 0 Å². The number of fused-ring (bicyclic) bond motifs is 1. The molecule has 0 unspecified atom stereocenters. The molecule has 7 heteroatoms. The van der Waals surface area contributed by atoms with Crippen molar-refractivity contribution in [2.75, 3.05) is 11.4 Å². The van der Waals surface area contributed by atoms with E-state index in [9.17, 15) is 18.4 Å². The zero-order chi connectivity index (χ0) is 21.3. The standard InChI is InChI=1S/C23H17ClF2N2O2/c24-19-3-1-2-18(21(19)26)23(30)28-11-10-16-12-14(4-9-20(16)28)13-27-22(29)15-5-7-17(25)8-6-15/h1-9,12H,10-11,13H2,(H,27,29). The monoisotopic (exact) mass is 426 g/mol. The minimum Gasteiger partial charge on any atom is -0.348 e. The summed E-state index contributed by atoms with van der Waals surface area (Å²) < 4.78 is 27.2. The van der Waals surface area contributed by atoms with Gasteiger partial charge in [-0.15, -0.1) is 0 Å². The third kappa shape index (κ3) is 3.91. The Morgan fingerprint density at radius 1 is 1.03 bits per heavy atom. The zero-order valence-electron chi connectivity index (χ0n) is 15.8. The molecule has 3 aromatic carbocycles. The van der Waals surface area contributed by atoms with Gasteiger partial charge in [-0.2, -0.15) is 0 Å². The van der Waals surface area contributed by atoms with Gasteiger partial charge < -0.3 is 10.2 Å². The number of hydrogen-bond acceptors (Lipinski definition) is 2. The summed E-state index contributed by atoms with van der Waals surface area (Å²) in [5.41, 5.74) is 2.84. The van der Waals surface area contributed by atoms with Gasteiger partial charge in [-0.05, 0) is 60.0 Å². The zero-order valence-corrected chi connectivity index (χ0v) is 16.5. The molecule has 3 aromatic rings. The van der Waals surface area contributed by atoms with Crippen LogP contribution in [0.5, 0.6) is 0 Å². The summed E-state index contributed by atoms with van der Waals surface area (Å²) in [6.07, 6.45) is 0.628. The Balaban J connectivity index is 1.47. The van der Waals surface area contributed by atoms with E-state index in [1.165, 1.54) is 41.3 Å². The van der Waals surface area contributed by atoms with Gasteiger partial charge in [0.2, 0.25) is 0 Å². The Bertz CT molecular complexity index is 1130. The van der Waals surface area contributed by atoms with Crippen LogP contribution in [0.3, 0.4) is 0 Å². The number of halogens is 3. The summed E-state index contributed by atoms with van der Waals surface area (Å²) in [6, 6.07) is 15.2. The van der Waals surface area contributed by atoms with Crippen LogP contribution >= 0.6 is 11.6 Å². The number of nitrogens with zero attached hydrogens (tertiary/aromatic N) is 1. The van der Waals surface area contributed by atoms with Crippen LogP contribution in [-0.2, 0) is 13.0 Å². The fourth-order valence-electron chi connectivity index (χ4n) is 3.48. The van der Waals surface area contributed by atoms with Gasteiger partial charge in [0.25, 0.3) is 11.8 Å². The molecule has 0 bridgehead atoms. The summed E-state index contributed by atoms with van der Waals surface area (Å²) in [4.78, 5) is 26.5. The van der Waals surface area contributed by atoms with Gasteiger partial charge in [0.1, 0.15) is 5.82 Å². The molecule has 1 N–H and O–H groups in total. The molecule has 0 aromatic heterocycles. The number of nitrogens with one attached hydrogen (secondary N) is 1. The minimum absolute atomic E-state index is 0.0639. The molecule has 30 heavy (non-hydrogen) atoms. The highest BCUT2D eigenvalue weighted by Gasteiger charge is 2.28. The van der Waals surface area contributed by atoms with Crippen molar-refractivity contribution in [1.82, 2.24) is 5.32 Å². The fraction of sp³-hybridized carbons (Fsp3) is 0.130. The number of hydrogen-bond donors (Lipinski definition) is 1. The predicted octanol–water partition coefficient (Wildman–Crippen LogP) is 4.75. The van der Waals surface area contributed by atoms with Gasteiger partial charge in [0, 0.05) is 24.3 Å². The van der Waals surface area contributed by atoms with Crippen LogP contribution in [-0.4, -0.2) is 18.4 Å². The van der Waals surface area contributed by atoms with Gasteiger partial charge in [-0.25, -0.2) is 8.78 Å². The summed E-state index contributed by atoms with van der Waals surface area (Å²) in [5, 5.41) is 2.70. The maximum atomic E-state index is 14.2. The van der Waals surface area contributed by atoms with Crippen molar-refractivity contribution in [2.45, 2.75) is 13.0 Å². The van der Waals surface area contributed by atoms with Crippen LogP contribution in [0.15, 0.2) is 60.7 Å². The predicted molar refractivity (Wildman–Crippen MR) is 111 cm³/mol. The molecule has 0 fully saturated rings. The number of carbonyl (C=O) groups is 2. The van der Waals surface area contributed by atoms with E-state index in [1.807, 2.05) is 12.1 Å². The first kappa shape index (κ1) is 20.0. The van der Waals surface area contributed by atoms with Gasteiger partial charge in [-0.3, -0.25) is 9.59 Å². The molecule has 1 aliphatic rings. The molecule has 1 aliphatic heterocycles. The molecule has 152 valence electrons. The number of rotatable bonds is 4. The van der Waals surface area contributed by atoms with E-state index in [1.54, 1.807) is 12.1 Å². The first-order valence-corrected chi connectivity index (χ1v) is 9.73. The average Bonchev–Trinajstić information content (AvgIpc) is 3.17. The Morgan fingerprint density at radius 2 is 1.80 bits per heavy atom. The van der Waals surface area contributed by atoms with Crippen molar-refractivity contribution >= 4 is 29.1 Å². The summed E-state index contributed by atoms with van der Waals surface area (Å²) in [6.45, 7) is 0.728. The van der Waals surface area contributed by atoms with Gasteiger partial charge >= 0.3 is 0 Å². The molecule has 2 amide bonds. The lowest BCUT2D eigenvalue weighted by Gasteiger charge is -2.18. The van der Waals surface area contributed by atoms with E-state index in [0.29, 0.717) is 30.8 Å². The van der Waals surface area contributed by atoms with Gasteiger partial charge in [0.15, 0.2) is 5.82 Å². The van der Waals surface area contributed by atoms with Crippen LogP contribution in [0.2, 0.25) is 5.02 Å². The topological polar surface area (TPSA) is 49.4 Å². The molecule has 4 nitrogen and oxygen atoms in total. The molecule has 4 rings (SSSR count). The maximum Gasteiger partial charge on any atom is 0.261 e. The number of carbonyl (C=O) groups excluding carboxylic acids is 2. The third-order valence-corrected chi connectivity index (χ3v) is 5.32. The second-order valence-electron chi connectivity index (χ2n) is 6.96. The summed E-state index contributed by atoms with van der Waals surface area (Å²) in [5.74, 6) is -1.87.